The zero-order valence-corrected chi connectivity index (χ0v) is 16.4. The molecule has 1 atom stereocenters. The van der Waals surface area contributed by atoms with E-state index in [1.807, 2.05) is 17.9 Å². The van der Waals surface area contributed by atoms with E-state index in [1.54, 1.807) is 0 Å². The van der Waals surface area contributed by atoms with Gasteiger partial charge in [-0.05, 0) is 45.7 Å². The van der Waals surface area contributed by atoms with Gasteiger partial charge in [0.25, 0.3) is 0 Å². The lowest BCUT2D eigenvalue weighted by Crippen LogP contribution is -2.34. The lowest BCUT2D eigenvalue weighted by Gasteiger charge is -2.23. The van der Waals surface area contributed by atoms with Gasteiger partial charge >= 0.3 is 0 Å². The standard InChI is InChI=1S/C17H27N5OS.ClH/c1-3-10-22-15(14-6-8-18-9-7-14)19-20-17(22)24-13(2)16(23)21-11-4-5-12-21;/h3,13-14,18H,1,4-12H2,2H3;1H. The molecular weight excluding hydrogens is 358 g/mol. The highest BCUT2D eigenvalue weighted by molar-refractivity contribution is 8.00. The van der Waals surface area contributed by atoms with Gasteiger partial charge < -0.3 is 14.8 Å². The van der Waals surface area contributed by atoms with Crippen LogP contribution in [0.3, 0.4) is 0 Å². The molecule has 2 aliphatic heterocycles. The Bertz CT molecular complexity index is 582. The third-order valence-electron chi connectivity index (χ3n) is 4.81. The van der Waals surface area contributed by atoms with Crippen molar-refractivity contribution in [1.82, 2.24) is 25.0 Å². The average Bonchev–Trinajstić information content (AvgIpc) is 3.26. The van der Waals surface area contributed by atoms with Crippen LogP contribution >= 0.6 is 24.2 Å². The van der Waals surface area contributed by atoms with E-state index in [9.17, 15) is 4.79 Å². The highest BCUT2D eigenvalue weighted by atomic mass is 35.5. The van der Waals surface area contributed by atoms with E-state index in [-0.39, 0.29) is 23.6 Å². The van der Waals surface area contributed by atoms with Crippen LogP contribution in [0.1, 0.15) is 44.3 Å². The van der Waals surface area contributed by atoms with Crippen LogP contribution in [-0.2, 0) is 11.3 Å². The normalized spacial score (nSPS) is 19.5. The van der Waals surface area contributed by atoms with E-state index in [1.165, 1.54) is 11.8 Å². The third kappa shape index (κ3) is 4.77. The smallest absolute Gasteiger partial charge is 0.235 e. The SMILES string of the molecule is C=CCn1c(SC(C)C(=O)N2CCCC2)nnc1C1CCNCC1.Cl. The second-order valence-electron chi connectivity index (χ2n) is 6.56. The Morgan fingerprint density at radius 1 is 1.36 bits per heavy atom. The van der Waals surface area contributed by atoms with Crippen molar-refractivity contribution in [2.75, 3.05) is 26.2 Å². The molecule has 1 amide bonds. The maximum atomic E-state index is 12.5. The fourth-order valence-electron chi connectivity index (χ4n) is 3.47. The van der Waals surface area contributed by atoms with Gasteiger partial charge in [-0.3, -0.25) is 4.79 Å². The first-order valence-electron chi connectivity index (χ1n) is 8.91. The molecule has 0 spiro atoms. The molecule has 2 fully saturated rings. The number of amides is 1. The summed E-state index contributed by atoms with van der Waals surface area (Å²) in [6, 6.07) is 0. The van der Waals surface area contributed by atoms with Gasteiger partial charge in [0, 0.05) is 25.6 Å². The monoisotopic (exact) mass is 385 g/mol. The Kier molecular flexibility index (Phi) is 7.78. The van der Waals surface area contributed by atoms with E-state index >= 15 is 0 Å². The Morgan fingerprint density at radius 3 is 2.68 bits per heavy atom. The Balaban J connectivity index is 0.00000225. The van der Waals surface area contributed by atoms with Gasteiger partial charge in [-0.2, -0.15) is 0 Å². The molecule has 25 heavy (non-hydrogen) atoms. The summed E-state index contributed by atoms with van der Waals surface area (Å²) >= 11 is 1.52. The number of hydrogen-bond acceptors (Lipinski definition) is 5. The number of rotatable bonds is 6. The molecule has 1 N–H and O–H groups in total. The number of nitrogens with one attached hydrogen (secondary N) is 1. The molecule has 140 valence electrons. The summed E-state index contributed by atoms with van der Waals surface area (Å²) in [6.45, 7) is 10.4. The van der Waals surface area contributed by atoms with Crippen molar-refractivity contribution < 1.29 is 4.79 Å². The number of carbonyl (C=O) groups is 1. The molecule has 3 rings (SSSR count). The van der Waals surface area contributed by atoms with Gasteiger partial charge in [0.2, 0.25) is 5.91 Å². The summed E-state index contributed by atoms with van der Waals surface area (Å²) in [5.74, 6) is 1.70. The molecule has 8 heteroatoms. The summed E-state index contributed by atoms with van der Waals surface area (Å²) < 4.78 is 2.14. The van der Waals surface area contributed by atoms with Crippen molar-refractivity contribution in [2.45, 2.75) is 55.5 Å². The molecule has 2 aliphatic rings. The molecule has 1 aromatic heterocycles. The van der Waals surface area contributed by atoms with Crippen LogP contribution in [0.25, 0.3) is 0 Å². The number of carbonyl (C=O) groups excluding carboxylic acids is 1. The van der Waals surface area contributed by atoms with Gasteiger partial charge in [-0.25, -0.2) is 0 Å². The first kappa shape index (κ1) is 20.3. The predicted octanol–water partition coefficient (Wildman–Crippen LogP) is 2.46. The fourth-order valence-corrected chi connectivity index (χ4v) is 4.42. The van der Waals surface area contributed by atoms with Crippen molar-refractivity contribution >= 4 is 30.1 Å². The molecule has 0 bridgehead atoms. The highest BCUT2D eigenvalue weighted by Gasteiger charge is 2.28. The maximum absolute atomic E-state index is 12.5. The van der Waals surface area contributed by atoms with Crippen LogP contribution in [0, 0.1) is 0 Å². The first-order chi connectivity index (χ1) is 11.7. The average molecular weight is 386 g/mol. The van der Waals surface area contributed by atoms with E-state index in [0.717, 1.165) is 62.8 Å². The van der Waals surface area contributed by atoms with Gasteiger partial charge in [0.1, 0.15) is 5.82 Å². The zero-order chi connectivity index (χ0) is 16.9. The van der Waals surface area contributed by atoms with Gasteiger partial charge in [-0.15, -0.1) is 29.2 Å². The van der Waals surface area contributed by atoms with E-state index in [2.05, 4.69) is 26.7 Å². The lowest BCUT2D eigenvalue weighted by atomic mass is 9.97. The molecule has 1 unspecified atom stereocenters. The van der Waals surface area contributed by atoms with Crippen LogP contribution in [0.5, 0.6) is 0 Å². The molecule has 6 nitrogen and oxygen atoms in total. The Hall–Kier alpha value is -1.05. The quantitative estimate of drug-likeness (QED) is 0.602. The van der Waals surface area contributed by atoms with Crippen molar-refractivity contribution in [3.8, 4) is 0 Å². The molecule has 2 saturated heterocycles. The van der Waals surface area contributed by atoms with Gasteiger partial charge in [0.15, 0.2) is 5.16 Å². The van der Waals surface area contributed by atoms with Crippen LogP contribution in [-0.4, -0.2) is 57.0 Å². The summed E-state index contributed by atoms with van der Waals surface area (Å²) in [4.78, 5) is 14.5. The Labute approximate surface area is 160 Å². The fraction of sp³-hybridized carbons (Fsp3) is 0.706. The Morgan fingerprint density at radius 2 is 2.04 bits per heavy atom. The molecule has 0 radical (unpaired) electrons. The van der Waals surface area contributed by atoms with Crippen molar-refractivity contribution in [3.05, 3.63) is 18.5 Å². The molecule has 1 aromatic rings. The highest BCUT2D eigenvalue weighted by Crippen LogP contribution is 2.30. The summed E-state index contributed by atoms with van der Waals surface area (Å²) in [7, 11) is 0. The molecule has 3 heterocycles. The maximum Gasteiger partial charge on any atom is 0.235 e. The van der Waals surface area contributed by atoms with Crippen molar-refractivity contribution in [2.24, 2.45) is 0 Å². The second-order valence-corrected chi connectivity index (χ2v) is 7.86. The van der Waals surface area contributed by atoms with Gasteiger partial charge in [0.05, 0.1) is 5.25 Å². The number of hydrogen-bond donors (Lipinski definition) is 1. The third-order valence-corrected chi connectivity index (χ3v) is 5.88. The van der Waals surface area contributed by atoms with Gasteiger partial charge in [-0.1, -0.05) is 17.8 Å². The van der Waals surface area contributed by atoms with E-state index < -0.39 is 0 Å². The van der Waals surface area contributed by atoms with Crippen LogP contribution in [0.15, 0.2) is 17.8 Å². The topological polar surface area (TPSA) is 63.1 Å². The number of likely N-dealkylation sites (tertiary alicyclic amines) is 1. The number of allylic oxidation sites excluding steroid dienone is 1. The minimum atomic E-state index is -0.128. The second kappa shape index (κ2) is 9.59. The van der Waals surface area contributed by atoms with E-state index in [4.69, 9.17) is 0 Å². The minimum Gasteiger partial charge on any atom is -0.342 e. The zero-order valence-electron chi connectivity index (χ0n) is 14.8. The number of piperidine rings is 1. The number of aromatic nitrogens is 3. The van der Waals surface area contributed by atoms with Crippen molar-refractivity contribution in [3.63, 3.8) is 0 Å². The number of halogens is 1. The number of thioether (sulfide) groups is 1. The van der Waals surface area contributed by atoms with Crippen LogP contribution in [0.4, 0.5) is 0 Å². The molecular formula is C17H28ClN5OS. The van der Waals surface area contributed by atoms with Crippen LogP contribution in [0.2, 0.25) is 0 Å². The minimum absolute atomic E-state index is 0. The van der Waals surface area contributed by atoms with E-state index in [0.29, 0.717) is 12.5 Å². The van der Waals surface area contributed by atoms with Crippen LogP contribution < -0.4 is 5.32 Å². The van der Waals surface area contributed by atoms with Crippen molar-refractivity contribution in [1.29, 1.82) is 0 Å². The molecule has 0 aromatic carbocycles. The summed E-state index contributed by atoms with van der Waals surface area (Å²) in [6.07, 6.45) is 6.29. The predicted molar refractivity (Wildman–Crippen MR) is 103 cm³/mol. The number of nitrogens with zero attached hydrogens (tertiary/aromatic N) is 4. The first-order valence-corrected chi connectivity index (χ1v) is 9.79. The lowest BCUT2D eigenvalue weighted by molar-refractivity contribution is -0.129. The largest absolute Gasteiger partial charge is 0.342 e. The summed E-state index contributed by atoms with van der Waals surface area (Å²) in [5, 5.41) is 13.0. The summed E-state index contributed by atoms with van der Waals surface area (Å²) in [5.41, 5.74) is 0. The molecule has 0 saturated carbocycles. The molecule has 0 aliphatic carbocycles.